The Hall–Kier alpha value is -3.65. The number of thiazole rings is 1. The molecule has 0 aliphatic carbocycles. The van der Waals surface area contributed by atoms with Crippen molar-refractivity contribution in [2.75, 3.05) is 14.2 Å². The zero-order valence-corrected chi connectivity index (χ0v) is 20.5. The highest BCUT2D eigenvalue weighted by molar-refractivity contribution is 7.07. The summed E-state index contributed by atoms with van der Waals surface area (Å²) in [5.41, 5.74) is 2.17. The lowest BCUT2D eigenvalue weighted by atomic mass is 9.96. The van der Waals surface area contributed by atoms with Gasteiger partial charge in [-0.1, -0.05) is 41.7 Å². The highest BCUT2D eigenvalue weighted by atomic mass is 32.1. The van der Waals surface area contributed by atoms with Crippen LogP contribution in [0.5, 0.6) is 11.5 Å². The molecule has 34 heavy (non-hydrogen) atoms. The largest absolute Gasteiger partial charge is 0.497 e. The van der Waals surface area contributed by atoms with Gasteiger partial charge in [0.05, 0.1) is 42.2 Å². The number of hydrogen-bond acceptors (Lipinski definition) is 7. The second kappa shape index (κ2) is 9.69. The van der Waals surface area contributed by atoms with E-state index in [0.717, 1.165) is 11.1 Å². The van der Waals surface area contributed by atoms with E-state index in [0.29, 0.717) is 32.1 Å². The molecular weight excluding hydrogens is 452 g/mol. The van der Waals surface area contributed by atoms with E-state index in [4.69, 9.17) is 14.2 Å². The summed E-state index contributed by atoms with van der Waals surface area (Å²) in [6.45, 7) is 5.35. The highest BCUT2D eigenvalue weighted by Crippen LogP contribution is 2.32. The topological polar surface area (TPSA) is 79.1 Å². The van der Waals surface area contributed by atoms with Gasteiger partial charge in [0, 0.05) is 5.56 Å². The summed E-state index contributed by atoms with van der Waals surface area (Å²) < 4.78 is 18.3. The molecule has 2 heterocycles. The molecule has 0 bridgehead atoms. The Kier molecular flexibility index (Phi) is 6.70. The van der Waals surface area contributed by atoms with Crippen LogP contribution < -0.4 is 24.4 Å². The molecule has 3 aromatic rings. The maximum atomic E-state index is 13.7. The van der Waals surface area contributed by atoms with Gasteiger partial charge in [0.2, 0.25) is 0 Å². The zero-order chi connectivity index (χ0) is 24.4. The Morgan fingerprint density at radius 3 is 2.44 bits per heavy atom. The summed E-state index contributed by atoms with van der Waals surface area (Å²) in [7, 11) is 3.18. The van der Waals surface area contributed by atoms with Crippen molar-refractivity contribution in [3.63, 3.8) is 0 Å². The van der Waals surface area contributed by atoms with Crippen LogP contribution in [0.1, 0.15) is 37.9 Å². The number of benzene rings is 2. The van der Waals surface area contributed by atoms with E-state index >= 15 is 0 Å². The molecule has 0 saturated carbocycles. The molecule has 0 amide bonds. The molecule has 0 N–H and O–H groups in total. The summed E-state index contributed by atoms with van der Waals surface area (Å²) in [5.74, 6) is 0.854. The number of carbonyl (C=O) groups is 1. The van der Waals surface area contributed by atoms with Gasteiger partial charge in [-0.3, -0.25) is 9.36 Å². The first-order chi connectivity index (χ1) is 16.3. The second-order valence-corrected chi connectivity index (χ2v) is 9.06. The quantitative estimate of drug-likeness (QED) is 0.509. The van der Waals surface area contributed by atoms with Gasteiger partial charge in [0.15, 0.2) is 4.80 Å². The molecule has 0 saturated heterocycles. The van der Waals surface area contributed by atoms with Gasteiger partial charge in [0.1, 0.15) is 11.5 Å². The van der Waals surface area contributed by atoms with Crippen molar-refractivity contribution < 1.29 is 19.0 Å². The van der Waals surface area contributed by atoms with Crippen molar-refractivity contribution in [3.8, 4) is 11.5 Å². The van der Waals surface area contributed by atoms with Gasteiger partial charge in [-0.05, 0) is 50.6 Å². The van der Waals surface area contributed by atoms with Crippen molar-refractivity contribution in [1.29, 1.82) is 0 Å². The molecule has 8 heteroatoms. The molecule has 1 aliphatic heterocycles. The van der Waals surface area contributed by atoms with Crippen LogP contribution in [-0.4, -0.2) is 30.9 Å². The van der Waals surface area contributed by atoms with Crippen molar-refractivity contribution >= 4 is 23.4 Å². The summed E-state index contributed by atoms with van der Waals surface area (Å²) in [6, 6.07) is 14.1. The third kappa shape index (κ3) is 4.41. The van der Waals surface area contributed by atoms with Crippen LogP contribution in [0.25, 0.3) is 6.08 Å². The molecule has 0 fully saturated rings. The van der Waals surface area contributed by atoms with E-state index in [2.05, 4.69) is 4.99 Å². The summed E-state index contributed by atoms with van der Waals surface area (Å²) in [5, 5.41) is 0. The molecule has 0 radical (unpaired) electrons. The Balaban J connectivity index is 1.95. The van der Waals surface area contributed by atoms with Crippen molar-refractivity contribution in [2.45, 2.75) is 32.9 Å². The van der Waals surface area contributed by atoms with Crippen LogP contribution >= 0.6 is 11.3 Å². The molecule has 7 nitrogen and oxygen atoms in total. The standard InChI is InChI=1S/C26H26N2O5S/c1-15(2)33-25(30)22-16(3)27-26-28(23(22)17-10-12-19(31-4)13-11-17)24(29)21(34-26)14-18-8-6-7-9-20(18)32-5/h6-15,23H,1-5H3/b21-14-. The fraction of sp³-hybridized carbons (Fsp3) is 0.269. The van der Waals surface area contributed by atoms with Crippen LogP contribution in [0.15, 0.2) is 69.6 Å². The molecule has 2 aromatic carbocycles. The Bertz CT molecular complexity index is 1430. The SMILES string of the molecule is COc1ccc(C2C(C(=O)OC(C)C)=C(C)N=c3s/c(=C\c4ccccc4OC)c(=O)n32)cc1. The number of rotatable bonds is 6. The zero-order valence-electron chi connectivity index (χ0n) is 19.7. The molecule has 1 aliphatic rings. The second-order valence-electron chi connectivity index (χ2n) is 8.05. The number of nitrogens with zero attached hydrogens (tertiary/aromatic N) is 2. The van der Waals surface area contributed by atoms with Gasteiger partial charge in [-0.15, -0.1) is 0 Å². The fourth-order valence-electron chi connectivity index (χ4n) is 3.89. The maximum Gasteiger partial charge on any atom is 0.338 e. The normalized spacial score (nSPS) is 15.7. The molecule has 1 unspecified atom stereocenters. The Morgan fingerprint density at radius 2 is 1.79 bits per heavy atom. The number of ether oxygens (including phenoxy) is 3. The monoisotopic (exact) mass is 478 g/mol. The summed E-state index contributed by atoms with van der Waals surface area (Å²) in [6.07, 6.45) is 1.48. The van der Waals surface area contributed by atoms with Crippen LogP contribution in [0, 0.1) is 0 Å². The third-order valence-corrected chi connectivity index (χ3v) is 6.42. The molecule has 176 valence electrons. The lowest BCUT2D eigenvalue weighted by molar-refractivity contribution is -0.143. The first-order valence-corrected chi connectivity index (χ1v) is 11.7. The number of allylic oxidation sites excluding steroid dienone is 1. The van der Waals surface area contributed by atoms with E-state index in [1.165, 1.54) is 11.3 Å². The fourth-order valence-corrected chi connectivity index (χ4v) is 4.93. The molecule has 0 spiro atoms. The molecule has 1 aromatic heterocycles. The van der Waals surface area contributed by atoms with Gasteiger partial charge >= 0.3 is 5.97 Å². The Morgan fingerprint density at radius 1 is 1.09 bits per heavy atom. The number of carbonyl (C=O) groups excluding carboxylic acids is 1. The minimum Gasteiger partial charge on any atom is -0.497 e. The lowest BCUT2D eigenvalue weighted by Gasteiger charge is -2.25. The van der Waals surface area contributed by atoms with Gasteiger partial charge in [0.25, 0.3) is 5.56 Å². The smallest absolute Gasteiger partial charge is 0.338 e. The minimum absolute atomic E-state index is 0.238. The van der Waals surface area contributed by atoms with Gasteiger partial charge < -0.3 is 14.2 Å². The average Bonchev–Trinajstić information content (AvgIpc) is 3.12. The third-order valence-electron chi connectivity index (χ3n) is 5.44. The molecule has 4 rings (SSSR count). The minimum atomic E-state index is -0.673. The average molecular weight is 479 g/mol. The number of para-hydroxylation sites is 1. The highest BCUT2D eigenvalue weighted by Gasteiger charge is 2.33. The van der Waals surface area contributed by atoms with Crippen molar-refractivity contribution in [2.24, 2.45) is 4.99 Å². The predicted molar refractivity (Wildman–Crippen MR) is 131 cm³/mol. The first kappa shape index (κ1) is 23.5. The van der Waals surface area contributed by atoms with Crippen LogP contribution in [0.4, 0.5) is 0 Å². The predicted octanol–water partition coefficient (Wildman–Crippen LogP) is 3.20. The summed E-state index contributed by atoms with van der Waals surface area (Å²) in [4.78, 5) is 31.9. The van der Waals surface area contributed by atoms with E-state index < -0.39 is 12.0 Å². The van der Waals surface area contributed by atoms with E-state index in [9.17, 15) is 9.59 Å². The van der Waals surface area contributed by atoms with Crippen LogP contribution in [-0.2, 0) is 9.53 Å². The van der Waals surface area contributed by atoms with E-state index in [1.54, 1.807) is 57.8 Å². The van der Waals surface area contributed by atoms with E-state index in [1.807, 2.05) is 36.4 Å². The number of aromatic nitrogens is 1. The summed E-state index contributed by atoms with van der Waals surface area (Å²) >= 11 is 1.28. The molecule has 1 atom stereocenters. The van der Waals surface area contributed by atoms with Gasteiger partial charge in [-0.25, -0.2) is 9.79 Å². The van der Waals surface area contributed by atoms with Crippen LogP contribution in [0.3, 0.4) is 0 Å². The first-order valence-electron chi connectivity index (χ1n) is 10.8. The lowest BCUT2D eigenvalue weighted by Crippen LogP contribution is -2.40. The van der Waals surface area contributed by atoms with E-state index in [-0.39, 0.29) is 11.7 Å². The van der Waals surface area contributed by atoms with Crippen molar-refractivity contribution in [1.82, 2.24) is 4.57 Å². The number of fused-ring (bicyclic) bond motifs is 1. The number of methoxy groups -OCH3 is 2. The van der Waals surface area contributed by atoms with Gasteiger partial charge in [-0.2, -0.15) is 0 Å². The molecular formula is C26H26N2O5S. The van der Waals surface area contributed by atoms with Crippen LogP contribution in [0.2, 0.25) is 0 Å². The Labute approximate surface area is 201 Å². The van der Waals surface area contributed by atoms with Crippen molar-refractivity contribution in [3.05, 3.63) is 90.6 Å². The number of hydrogen-bond donors (Lipinski definition) is 0. The number of esters is 1. The maximum absolute atomic E-state index is 13.7.